The minimum atomic E-state index is -4.47. The van der Waals surface area contributed by atoms with Gasteiger partial charge in [0.2, 0.25) is 0 Å². The summed E-state index contributed by atoms with van der Waals surface area (Å²) >= 11 is 0. The lowest BCUT2D eigenvalue weighted by Crippen LogP contribution is -2.48. The highest BCUT2D eigenvalue weighted by Gasteiger charge is 2.30. The molecule has 1 amide bonds. The van der Waals surface area contributed by atoms with E-state index in [0.29, 0.717) is 18.7 Å². The monoisotopic (exact) mass is 490 g/mol. The van der Waals surface area contributed by atoms with Crippen molar-refractivity contribution in [3.63, 3.8) is 0 Å². The van der Waals surface area contributed by atoms with E-state index < -0.39 is 30.7 Å². The molecule has 0 spiro atoms. The fourth-order valence-corrected chi connectivity index (χ4v) is 3.76. The van der Waals surface area contributed by atoms with Crippen LogP contribution in [0.4, 0.5) is 34.9 Å². The zero-order valence-electron chi connectivity index (χ0n) is 18.3. The topological polar surface area (TPSA) is 136 Å². The quantitative estimate of drug-likeness (QED) is 0.465. The Morgan fingerprint density at radius 2 is 1.91 bits per heavy atom. The van der Waals surface area contributed by atoms with Crippen molar-refractivity contribution < 1.29 is 22.4 Å². The van der Waals surface area contributed by atoms with Crippen LogP contribution in [0.25, 0.3) is 11.4 Å². The van der Waals surface area contributed by atoms with Crippen molar-refractivity contribution in [1.29, 1.82) is 0 Å². The second kappa shape index (κ2) is 9.78. The highest BCUT2D eigenvalue weighted by atomic mass is 19.4. The van der Waals surface area contributed by atoms with Gasteiger partial charge < -0.3 is 21.7 Å². The number of aromatic nitrogens is 4. The van der Waals surface area contributed by atoms with Gasteiger partial charge in [-0.05, 0) is 30.2 Å². The van der Waals surface area contributed by atoms with Crippen LogP contribution in [0.1, 0.15) is 22.5 Å². The summed E-state index contributed by atoms with van der Waals surface area (Å²) in [5.41, 5.74) is 11.5. The molecular weight excluding hydrogens is 468 g/mol. The van der Waals surface area contributed by atoms with Gasteiger partial charge in [-0.2, -0.15) is 13.2 Å². The number of piperidine rings is 1. The average molecular weight is 490 g/mol. The minimum absolute atomic E-state index is 0.0365. The number of nitrogen functional groups attached to an aromatic ring is 1. The van der Waals surface area contributed by atoms with E-state index in [4.69, 9.17) is 11.5 Å². The van der Waals surface area contributed by atoms with Crippen LogP contribution < -0.4 is 21.7 Å². The number of carbonyl (C=O) groups is 1. The Kier molecular flexibility index (Phi) is 6.78. The van der Waals surface area contributed by atoms with Crippen molar-refractivity contribution in [2.75, 3.05) is 29.0 Å². The Labute approximate surface area is 197 Å². The number of halogens is 4. The molecule has 0 radical (unpaired) electrons. The molecule has 0 aromatic carbocycles. The normalized spacial score (nSPS) is 18.4. The molecule has 1 fully saturated rings. The van der Waals surface area contributed by atoms with E-state index in [9.17, 15) is 22.4 Å². The van der Waals surface area contributed by atoms with Crippen molar-refractivity contribution >= 4 is 23.2 Å². The number of nitrogens with one attached hydrogen (secondary N) is 1. The molecule has 4 heterocycles. The molecule has 0 saturated carbocycles. The smallest absolute Gasteiger partial charge is 0.382 e. The van der Waals surface area contributed by atoms with E-state index in [1.807, 2.05) is 0 Å². The maximum Gasteiger partial charge on any atom is 0.393 e. The van der Waals surface area contributed by atoms with Crippen LogP contribution in [-0.2, 0) is 6.42 Å². The summed E-state index contributed by atoms with van der Waals surface area (Å²) in [6, 6.07) is 5.41. The summed E-state index contributed by atoms with van der Waals surface area (Å²) in [5.74, 6) is -0.872. The van der Waals surface area contributed by atoms with E-state index in [1.165, 1.54) is 24.5 Å². The number of alkyl halides is 4. The molecule has 3 aromatic rings. The van der Waals surface area contributed by atoms with Crippen LogP contribution in [0.3, 0.4) is 0 Å². The largest absolute Gasteiger partial charge is 0.393 e. The second-order valence-corrected chi connectivity index (χ2v) is 8.03. The van der Waals surface area contributed by atoms with Crippen molar-refractivity contribution in [3.05, 3.63) is 54.1 Å². The minimum Gasteiger partial charge on any atom is -0.382 e. The first-order chi connectivity index (χ1) is 16.6. The van der Waals surface area contributed by atoms with E-state index >= 15 is 0 Å². The number of rotatable bonds is 5. The number of anilines is 3. The van der Waals surface area contributed by atoms with Gasteiger partial charge in [-0.25, -0.2) is 19.3 Å². The summed E-state index contributed by atoms with van der Waals surface area (Å²) < 4.78 is 53.2. The molecule has 0 aliphatic carbocycles. The van der Waals surface area contributed by atoms with E-state index in [2.05, 4.69) is 25.3 Å². The van der Waals surface area contributed by atoms with E-state index in [0.717, 1.165) is 6.20 Å². The fourth-order valence-electron chi connectivity index (χ4n) is 3.76. The predicted molar refractivity (Wildman–Crippen MR) is 121 cm³/mol. The van der Waals surface area contributed by atoms with Crippen LogP contribution in [0, 0.1) is 0 Å². The molecule has 2 atom stereocenters. The van der Waals surface area contributed by atoms with Crippen molar-refractivity contribution in [2.45, 2.75) is 31.2 Å². The van der Waals surface area contributed by atoms with Gasteiger partial charge in [-0.1, -0.05) is 6.07 Å². The van der Waals surface area contributed by atoms with Gasteiger partial charge in [0.15, 0.2) is 17.3 Å². The number of nitrogens with two attached hydrogens (primary N) is 2. The van der Waals surface area contributed by atoms with Gasteiger partial charge >= 0.3 is 6.18 Å². The van der Waals surface area contributed by atoms with Gasteiger partial charge in [0.25, 0.3) is 5.91 Å². The Bertz CT molecular complexity index is 1220. The molecule has 1 saturated heterocycles. The highest BCUT2D eigenvalue weighted by Crippen LogP contribution is 2.29. The summed E-state index contributed by atoms with van der Waals surface area (Å²) in [6.45, 7) is 0.504. The first-order valence-electron chi connectivity index (χ1n) is 10.7. The number of nitrogens with zero attached hydrogens (tertiary/aromatic N) is 5. The van der Waals surface area contributed by atoms with E-state index in [1.54, 1.807) is 17.0 Å². The number of hydrogen-bond acceptors (Lipinski definition) is 8. The van der Waals surface area contributed by atoms with Gasteiger partial charge in [0.1, 0.15) is 11.9 Å². The first-order valence-corrected chi connectivity index (χ1v) is 10.7. The average Bonchev–Trinajstić information content (AvgIpc) is 2.81. The Hall–Kier alpha value is -3.87. The maximum atomic E-state index is 14.2. The Morgan fingerprint density at radius 3 is 2.66 bits per heavy atom. The molecule has 3 aromatic heterocycles. The zero-order chi connectivity index (χ0) is 25.2. The van der Waals surface area contributed by atoms with Crippen LogP contribution >= 0.6 is 0 Å². The molecule has 0 bridgehead atoms. The lowest BCUT2D eigenvalue weighted by molar-refractivity contribution is -0.127. The van der Waals surface area contributed by atoms with Crippen LogP contribution in [0.2, 0.25) is 0 Å². The summed E-state index contributed by atoms with van der Waals surface area (Å²) in [7, 11) is 0. The second-order valence-electron chi connectivity index (χ2n) is 8.03. The molecule has 4 rings (SSSR count). The van der Waals surface area contributed by atoms with Crippen molar-refractivity contribution in [1.82, 2.24) is 19.9 Å². The fraction of sp³-hybridized carbons (Fsp3) is 0.318. The summed E-state index contributed by atoms with van der Waals surface area (Å²) in [4.78, 5) is 31.0. The molecule has 2 unspecified atom stereocenters. The number of amides is 1. The zero-order valence-corrected chi connectivity index (χ0v) is 18.3. The van der Waals surface area contributed by atoms with Crippen molar-refractivity contribution in [2.24, 2.45) is 5.73 Å². The molecule has 1 aliphatic heterocycles. The van der Waals surface area contributed by atoms with Gasteiger partial charge in [-0.3, -0.25) is 9.78 Å². The molecule has 35 heavy (non-hydrogen) atoms. The number of carbonyl (C=O) groups excluding carboxylic acids is 1. The maximum absolute atomic E-state index is 14.2. The Balaban J connectivity index is 1.62. The molecule has 1 aliphatic rings. The summed E-state index contributed by atoms with van der Waals surface area (Å²) in [6.07, 6.45) is -2.59. The molecule has 5 N–H and O–H groups in total. The highest BCUT2D eigenvalue weighted by molar-refractivity contribution is 6.06. The third kappa shape index (κ3) is 5.62. The van der Waals surface area contributed by atoms with Gasteiger partial charge in [0.05, 0.1) is 30.5 Å². The van der Waals surface area contributed by atoms with Gasteiger partial charge in [-0.15, -0.1) is 0 Å². The Morgan fingerprint density at radius 1 is 1.17 bits per heavy atom. The van der Waals surface area contributed by atoms with E-state index in [-0.39, 0.29) is 40.8 Å². The summed E-state index contributed by atoms with van der Waals surface area (Å²) in [5, 5.41) is 2.59. The lowest BCUT2D eigenvalue weighted by Gasteiger charge is -2.35. The van der Waals surface area contributed by atoms with Crippen molar-refractivity contribution in [3.8, 4) is 11.4 Å². The molecular formula is C22H22F4N8O. The SMILES string of the molecule is Nc1ncc(-c2ncccc2CC(F)(F)F)nc1C(=O)Nc1ncccc1N1CCC(N)C(F)C1. The standard InChI is InChI=1S/C22H22F4N8O/c23-13-11-34(8-5-14(13)27)16-4-2-7-30-20(16)33-21(35)18-19(28)31-10-15(32-18)17-12(3-1-6-29-17)9-22(24,25)26/h1-4,6-7,10,13-14H,5,8-9,11,27H2,(H2,28,31)(H,30,33,35). The molecule has 184 valence electrons. The third-order valence-electron chi connectivity index (χ3n) is 5.49. The first kappa shape index (κ1) is 24.3. The van der Waals surface area contributed by atoms with Crippen LogP contribution in [0.5, 0.6) is 0 Å². The number of pyridine rings is 2. The molecule has 9 nitrogen and oxygen atoms in total. The third-order valence-corrected chi connectivity index (χ3v) is 5.49. The van der Waals surface area contributed by atoms with Crippen LogP contribution in [-0.4, -0.2) is 57.3 Å². The van der Waals surface area contributed by atoms with Gasteiger partial charge in [0, 0.05) is 25.0 Å². The van der Waals surface area contributed by atoms with Crippen LogP contribution in [0.15, 0.2) is 42.9 Å². The molecule has 13 heteroatoms. The lowest BCUT2D eigenvalue weighted by atomic mass is 10.0. The number of hydrogen-bond donors (Lipinski definition) is 3. The predicted octanol–water partition coefficient (Wildman–Crippen LogP) is 2.75.